The van der Waals surface area contributed by atoms with Gasteiger partial charge in [-0.2, -0.15) is 0 Å². The molecule has 0 unspecified atom stereocenters. The van der Waals surface area contributed by atoms with Gasteiger partial charge in [-0.1, -0.05) is 12.1 Å². The maximum atomic E-state index is 13.0. The summed E-state index contributed by atoms with van der Waals surface area (Å²) in [5.74, 6) is -0.0985. The Morgan fingerprint density at radius 2 is 1.90 bits per heavy atom. The van der Waals surface area contributed by atoms with Crippen LogP contribution in [-0.2, 0) is 10.0 Å². The smallest absolute Gasteiger partial charge is 0.293 e. The highest BCUT2D eigenvalue weighted by atomic mass is 32.2. The number of ether oxygens (including phenoxy) is 1. The van der Waals surface area contributed by atoms with Crippen LogP contribution in [0, 0.1) is 17.0 Å². The number of sulfonamides is 1. The van der Waals surface area contributed by atoms with Crippen molar-refractivity contribution in [2.24, 2.45) is 0 Å². The first kappa shape index (κ1) is 20.6. The molecule has 3 rings (SSSR count). The Hall–Kier alpha value is -3.14. The fraction of sp³-hybridized carbons (Fsp3) is 0.316. The Labute approximate surface area is 168 Å². The number of hydrogen-bond donors (Lipinski definition) is 1. The molecule has 0 saturated carbocycles. The van der Waals surface area contributed by atoms with E-state index in [0.717, 1.165) is 25.0 Å². The quantitative estimate of drug-likeness (QED) is 0.568. The van der Waals surface area contributed by atoms with Crippen LogP contribution in [0.4, 0.5) is 11.4 Å². The van der Waals surface area contributed by atoms with E-state index in [4.69, 9.17) is 4.74 Å². The number of aryl methyl sites for hydroxylation is 1. The monoisotopic (exact) mass is 419 g/mol. The molecule has 1 saturated heterocycles. The lowest BCUT2D eigenvalue weighted by molar-refractivity contribution is -0.387. The Morgan fingerprint density at radius 3 is 2.52 bits per heavy atom. The molecule has 1 aliphatic heterocycles. The SMILES string of the molecule is COc1ccc(S(=O)(=O)Nc2cccc(C)c2C(=O)N2CCCC2)c([N+](=O)[O-])c1. The third kappa shape index (κ3) is 4.16. The van der Waals surface area contributed by atoms with Gasteiger partial charge in [0.1, 0.15) is 5.75 Å². The van der Waals surface area contributed by atoms with E-state index in [-0.39, 0.29) is 22.9 Å². The lowest BCUT2D eigenvalue weighted by atomic mass is 10.1. The summed E-state index contributed by atoms with van der Waals surface area (Å²) in [7, 11) is -3.00. The molecule has 1 fully saturated rings. The van der Waals surface area contributed by atoms with Gasteiger partial charge in [0.15, 0.2) is 4.90 Å². The second-order valence-electron chi connectivity index (χ2n) is 6.69. The summed E-state index contributed by atoms with van der Waals surface area (Å²) < 4.78 is 33.2. The molecule has 1 N–H and O–H groups in total. The summed E-state index contributed by atoms with van der Waals surface area (Å²) in [5.41, 5.74) is 0.337. The molecule has 29 heavy (non-hydrogen) atoms. The van der Waals surface area contributed by atoms with Crippen molar-refractivity contribution < 1.29 is 22.9 Å². The van der Waals surface area contributed by atoms with Crippen molar-refractivity contribution in [3.8, 4) is 5.75 Å². The predicted molar refractivity (Wildman–Crippen MR) is 107 cm³/mol. The van der Waals surface area contributed by atoms with Crippen molar-refractivity contribution in [3.63, 3.8) is 0 Å². The van der Waals surface area contributed by atoms with E-state index < -0.39 is 25.5 Å². The number of carbonyl (C=O) groups excluding carboxylic acids is 1. The first-order chi connectivity index (χ1) is 13.7. The van der Waals surface area contributed by atoms with Crippen LogP contribution >= 0.6 is 0 Å². The maximum Gasteiger partial charge on any atom is 0.293 e. The minimum absolute atomic E-state index is 0.0898. The van der Waals surface area contributed by atoms with E-state index >= 15 is 0 Å². The minimum Gasteiger partial charge on any atom is -0.497 e. The molecule has 154 valence electrons. The second-order valence-corrected chi connectivity index (χ2v) is 8.34. The summed E-state index contributed by atoms with van der Waals surface area (Å²) in [4.78, 5) is 24.7. The number of rotatable bonds is 6. The summed E-state index contributed by atoms with van der Waals surface area (Å²) in [6.07, 6.45) is 1.80. The molecule has 1 heterocycles. The van der Waals surface area contributed by atoms with Crippen LogP contribution in [-0.4, -0.2) is 44.3 Å². The van der Waals surface area contributed by atoms with E-state index in [9.17, 15) is 23.3 Å². The number of likely N-dealkylation sites (tertiary alicyclic amines) is 1. The van der Waals surface area contributed by atoms with Crippen molar-refractivity contribution in [1.29, 1.82) is 0 Å². The van der Waals surface area contributed by atoms with Gasteiger partial charge in [0, 0.05) is 13.1 Å². The average molecular weight is 419 g/mol. The number of anilines is 1. The van der Waals surface area contributed by atoms with Crippen LogP contribution in [0.2, 0.25) is 0 Å². The molecule has 2 aromatic rings. The number of nitrogens with zero attached hydrogens (tertiary/aromatic N) is 2. The van der Waals surface area contributed by atoms with Crippen LogP contribution < -0.4 is 9.46 Å². The Kier molecular flexibility index (Phi) is 5.73. The number of carbonyl (C=O) groups is 1. The van der Waals surface area contributed by atoms with Crippen LogP contribution in [0.3, 0.4) is 0 Å². The number of nitro benzene ring substituents is 1. The third-order valence-corrected chi connectivity index (χ3v) is 6.19. The van der Waals surface area contributed by atoms with Gasteiger partial charge in [-0.3, -0.25) is 19.6 Å². The van der Waals surface area contributed by atoms with Gasteiger partial charge in [-0.25, -0.2) is 8.42 Å². The Bertz CT molecular complexity index is 1060. The summed E-state index contributed by atoms with van der Waals surface area (Å²) in [6.45, 7) is 2.95. The highest BCUT2D eigenvalue weighted by Gasteiger charge is 2.29. The summed E-state index contributed by atoms with van der Waals surface area (Å²) >= 11 is 0. The second kappa shape index (κ2) is 8.08. The summed E-state index contributed by atoms with van der Waals surface area (Å²) in [6, 6.07) is 8.29. The number of hydrogen-bond acceptors (Lipinski definition) is 6. The fourth-order valence-electron chi connectivity index (χ4n) is 3.31. The predicted octanol–water partition coefficient (Wildman–Crippen LogP) is 2.95. The van der Waals surface area contributed by atoms with Gasteiger partial charge < -0.3 is 9.64 Å². The van der Waals surface area contributed by atoms with E-state index in [2.05, 4.69) is 4.72 Å². The molecule has 10 heteroatoms. The largest absolute Gasteiger partial charge is 0.497 e. The highest BCUT2D eigenvalue weighted by molar-refractivity contribution is 7.92. The van der Waals surface area contributed by atoms with E-state index in [1.807, 2.05) is 0 Å². The van der Waals surface area contributed by atoms with Crippen molar-refractivity contribution in [3.05, 3.63) is 57.6 Å². The zero-order chi connectivity index (χ0) is 21.2. The van der Waals surface area contributed by atoms with E-state index in [0.29, 0.717) is 18.7 Å². The summed E-state index contributed by atoms with van der Waals surface area (Å²) in [5, 5.41) is 11.4. The van der Waals surface area contributed by atoms with Gasteiger partial charge in [-0.05, 0) is 43.5 Å². The third-order valence-electron chi connectivity index (χ3n) is 4.78. The van der Waals surface area contributed by atoms with Crippen molar-refractivity contribution >= 4 is 27.3 Å². The molecule has 0 aromatic heterocycles. The molecular weight excluding hydrogens is 398 g/mol. The first-order valence-corrected chi connectivity index (χ1v) is 10.5. The number of nitrogens with one attached hydrogen (secondary N) is 1. The normalized spacial score (nSPS) is 13.9. The number of benzene rings is 2. The van der Waals surface area contributed by atoms with Gasteiger partial charge in [-0.15, -0.1) is 0 Å². The first-order valence-electron chi connectivity index (χ1n) is 8.98. The minimum atomic E-state index is -4.33. The molecule has 0 atom stereocenters. The molecule has 0 spiro atoms. The fourth-order valence-corrected chi connectivity index (χ4v) is 4.53. The van der Waals surface area contributed by atoms with Gasteiger partial charge in [0.2, 0.25) is 0 Å². The number of amides is 1. The molecule has 0 radical (unpaired) electrons. The topological polar surface area (TPSA) is 119 Å². The van der Waals surface area contributed by atoms with Crippen molar-refractivity contribution in [1.82, 2.24) is 4.90 Å². The van der Waals surface area contributed by atoms with Crippen LogP contribution in [0.5, 0.6) is 5.75 Å². The molecule has 1 amide bonds. The number of methoxy groups -OCH3 is 1. The molecule has 1 aliphatic rings. The highest BCUT2D eigenvalue weighted by Crippen LogP contribution is 2.31. The molecular formula is C19H21N3O6S. The van der Waals surface area contributed by atoms with Crippen molar-refractivity contribution in [2.75, 3.05) is 24.9 Å². The van der Waals surface area contributed by atoms with Crippen LogP contribution in [0.1, 0.15) is 28.8 Å². The average Bonchev–Trinajstić information content (AvgIpc) is 3.21. The maximum absolute atomic E-state index is 13.0. The van der Waals surface area contributed by atoms with E-state index in [1.54, 1.807) is 24.0 Å². The van der Waals surface area contributed by atoms with Gasteiger partial charge in [0.05, 0.1) is 29.4 Å². The standard InChI is InChI=1S/C19H21N3O6S/c1-13-6-5-7-15(18(13)19(23)21-10-3-4-11-21)20-29(26,27)17-9-8-14(28-2)12-16(17)22(24)25/h5-9,12,20H,3-4,10-11H2,1-2H3. The molecule has 0 aliphatic carbocycles. The zero-order valence-corrected chi connectivity index (χ0v) is 16.9. The van der Waals surface area contributed by atoms with Crippen molar-refractivity contribution in [2.45, 2.75) is 24.7 Å². The molecule has 9 nitrogen and oxygen atoms in total. The van der Waals surface area contributed by atoms with Crippen LogP contribution in [0.25, 0.3) is 0 Å². The zero-order valence-electron chi connectivity index (χ0n) is 16.0. The number of nitro groups is 1. The van der Waals surface area contributed by atoms with Gasteiger partial charge in [0.25, 0.3) is 21.6 Å². The van der Waals surface area contributed by atoms with Crippen LogP contribution in [0.15, 0.2) is 41.3 Å². The van der Waals surface area contributed by atoms with E-state index in [1.165, 1.54) is 19.2 Å². The molecule has 2 aromatic carbocycles. The molecule has 0 bridgehead atoms. The van der Waals surface area contributed by atoms with Gasteiger partial charge >= 0.3 is 0 Å². The Balaban J connectivity index is 2.03. The lowest BCUT2D eigenvalue weighted by Gasteiger charge is -2.20. The lowest BCUT2D eigenvalue weighted by Crippen LogP contribution is -2.29. The Morgan fingerprint density at radius 1 is 1.21 bits per heavy atom.